The van der Waals surface area contributed by atoms with Gasteiger partial charge < -0.3 is 4.74 Å². The Bertz CT molecular complexity index is 660. The van der Waals surface area contributed by atoms with Gasteiger partial charge in [-0.25, -0.2) is 17.9 Å². The minimum absolute atomic E-state index is 0.0777. The van der Waals surface area contributed by atoms with Crippen LogP contribution in [0.5, 0.6) is 0 Å². The SMILES string of the molecule is O=C(NS(=O)(=O)N1CCOCC1)c1ccc(F)c(C(F)F)c1. The lowest BCUT2D eigenvalue weighted by molar-refractivity contribution is 0.0719. The van der Waals surface area contributed by atoms with Crippen molar-refractivity contribution in [3.05, 3.63) is 35.1 Å². The van der Waals surface area contributed by atoms with Crippen LogP contribution in [-0.2, 0) is 14.9 Å². The molecule has 1 N–H and O–H groups in total. The van der Waals surface area contributed by atoms with Crippen molar-refractivity contribution in [2.24, 2.45) is 0 Å². The first kappa shape index (κ1) is 16.7. The summed E-state index contributed by atoms with van der Waals surface area (Å²) in [5.41, 5.74) is -1.33. The van der Waals surface area contributed by atoms with Gasteiger partial charge in [-0.1, -0.05) is 0 Å². The van der Waals surface area contributed by atoms with E-state index in [9.17, 15) is 26.4 Å². The zero-order chi connectivity index (χ0) is 16.3. The molecular formula is C12H13F3N2O4S. The smallest absolute Gasteiger partial charge is 0.304 e. The van der Waals surface area contributed by atoms with E-state index in [1.807, 2.05) is 0 Å². The molecule has 1 saturated heterocycles. The number of carbonyl (C=O) groups is 1. The number of nitrogens with one attached hydrogen (secondary N) is 1. The number of benzene rings is 1. The van der Waals surface area contributed by atoms with Crippen LogP contribution in [0.4, 0.5) is 13.2 Å². The summed E-state index contributed by atoms with van der Waals surface area (Å²) in [6, 6.07) is 2.26. The Kier molecular flexibility index (Phi) is 5.04. The molecule has 0 saturated carbocycles. The van der Waals surface area contributed by atoms with E-state index in [-0.39, 0.29) is 31.9 Å². The molecule has 1 heterocycles. The molecule has 1 aliphatic rings. The van der Waals surface area contributed by atoms with E-state index in [0.29, 0.717) is 12.1 Å². The van der Waals surface area contributed by atoms with Gasteiger partial charge in [-0.05, 0) is 18.2 Å². The minimum Gasteiger partial charge on any atom is -0.379 e. The zero-order valence-corrected chi connectivity index (χ0v) is 12.1. The van der Waals surface area contributed by atoms with E-state index >= 15 is 0 Å². The number of carbonyl (C=O) groups excluding carboxylic acids is 1. The molecule has 0 spiro atoms. The number of hydrogen-bond acceptors (Lipinski definition) is 4. The van der Waals surface area contributed by atoms with Crippen LogP contribution >= 0.6 is 0 Å². The summed E-state index contributed by atoms with van der Waals surface area (Å²) >= 11 is 0. The van der Waals surface area contributed by atoms with E-state index in [4.69, 9.17) is 4.74 Å². The zero-order valence-electron chi connectivity index (χ0n) is 11.3. The van der Waals surface area contributed by atoms with Crippen LogP contribution in [-0.4, -0.2) is 44.9 Å². The van der Waals surface area contributed by atoms with E-state index in [2.05, 4.69) is 0 Å². The third-order valence-corrected chi connectivity index (χ3v) is 4.51. The molecule has 122 valence electrons. The van der Waals surface area contributed by atoms with Gasteiger partial charge in [-0.15, -0.1) is 0 Å². The maximum Gasteiger partial charge on any atom is 0.304 e. The Morgan fingerprint density at radius 3 is 2.50 bits per heavy atom. The molecule has 10 heteroatoms. The fourth-order valence-electron chi connectivity index (χ4n) is 1.88. The number of halogens is 3. The predicted molar refractivity (Wildman–Crippen MR) is 70.1 cm³/mol. The molecule has 1 aliphatic heterocycles. The maximum absolute atomic E-state index is 13.2. The number of rotatable bonds is 4. The number of hydrogen-bond donors (Lipinski definition) is 1. The van der Waals surface area contributed by atoms with Crippen LogP contribution in [0, 0.1) is 5.82 Å². The number of nitrogens with zero attached hydrogens (tertiary/aromatic N) is 1. The number of morpholine rings is 1. The first-order chi connectivity index (χ1) is 10.3. The van der Waals surface area contributed by atoms with Gasteiger partial charge in [-0.2, -0.15) is 12.7 Å². The van der Waals surface area contributed by atoms with Crippen molar-refractivity contribution in [3.8, 4) is 0 Å². The summed E-state index contributed by atoms with van der Waals surface area (Å²) in [4.78, 5) is 11.9. The first-order valence-corrected chi connectivity index (χ1v) is 7.73. The normalized spacial score (nSPS) is 16.7. The quantitative estimate of drug-likeness (QED) is 0.891. The maximum atomic E-state index is 13.2. The standard InChI is InChI=1S/C12H13F3N2O4S/c13-10-2-1-8(7-9(10)11(14)15)12(18)16-22(19,20)17-3-5-21-6-4-17/h1-2,7,11H,3-6H2,(H,16,18). The monoisotopic (exact) mass is 338 g/mol. The molecule has 0 atom stereocenters. The van der Waals surface area contributed by atoms with Crippen LogP contribution in [0.2, 0.25) is 0 Å². The summed E-state index contributed by atoms with van der Waals surface area (Å²) in [5, 5.41) is 0. The highest BCUT2D eigenvalue weighted by Gasteiger charge is 2.27. The van der Waals surface area contributed by atoms with E-state index in [0.717, 1.165) is 10.4 Å². The van der Waals surface area contributed by atoms with Crippen LogP contribution < -0.4 is 4.72 Å². The Morgan fingerprint density at radius 2 is 1.91 bits per heavy atom. The van der Waals surface area contributed by atoms with E-state index in [1.54, 1.807) is 4.72 Å². The number of ether oxygens (including phenoxy) is 1. The van der Waals surface area contributed by atoms with Crippen molar-refractivity contribution in [2.75, 3.05) is 26.3 Å². The van der Waals surface area contributed by atoms with Crippen molar-refractivity contribution in [1.29, 1.82) is 0 Å². The molecule has 0 aromatic heterocycles. The third kappa shape index (κ3) is 3.76. The second kappa shape index (κ2) is 6.63. The molecule has 1 aromatic rings. The molecule has 22 heavy (non-hydrogen) atoms. The summed E-state index contributed by atoms with van der Waals surface area (Å²) in [5.74, 6) is -2.27. The molecule has 0 radical (unpaired) electrons. The van der Waals surface area contributed by atoms with Gasteiger partial charge in [0.15, 0.2) is 0 Å². The lowest BCUT2D eigenvalue weighted by Gasteiger charge is -2.25. The van der Waals surface area contributed by atoms with E-state index < -0.39 is 33.9 Å². The topological polar surface area (TPSA) is 75.7 Å². The molecule has 0 aliphatic carbocycles. The van der Waals surface area contributed by atoms with Crippen molar-refractivity contribution in [1.82, 2.24) is 9.03 Å². The summed E-state index contributed by atoms with van der Waals surface area (Å²) in [7, 11) is -4.10. The van der Waals surface area contributed by atoms with E-state index in [1.165, 1.54) is 0 Å². The highest BCUT2D eigenvalue weighted by Crippen LogP contribution is 2.23. The second-order valence-corrected chi connectivity index (χ2v) is 6.16. The first-order valence-electron chi connectivity index (χ1n) is 6.29. The largest absolute Gasteiger partial charge is 0.379 e. The van der Waals surface area contributed by atoms with Crippen molar-refractivity contribution in [2.45, 2.75) is 6.43 Å². The number of amides is 1. The van der Waals surface area contributed by atoms with Gasteiger partial charge in [0.25, 0.3) is 12.3 Å². The predicted octanol–water partition coefficient (Wildman–Crippen LogP) is 1.07. The highest BCUT2D eigenvalue weighted by atomic mass is 32.2. The highest BCUT2D eigenvalue weighted by molar-refractivity contribution is 7.87. The van der Waals surface area contributed by atoms with Crippen molar-refractivity contribution in [3.63, 3.8) is 0 Å². The third-order valence-electron chi connectivity index (χ3n) is 3.02. The molecule has 2 rings (SSSR count). The fourth-order valence-corrected chi connectivity index (χ4v) is 2.99. The Morgan fingerprint density at radius 1 is 1.27 bits per heavy atom. The molecule has 0 unspecified atom stereocenters. The van der Waals surface area contributed by atoms with Crippen LogP contribution in [0.3, 0.4) is 0 Å². The molecule has 1 aromatic carbocycles. The second-order valence-electron chi connectivity index (χ2n) is 4.48. The number of alkyl halides is 2. The van der Waals surface area contributed by atoms with Gasteiger partial charge in [0.05, 0.1) is 18.8 Å². The lowest BCUT2D eigenvalue weighted by atomic mass is 10.1. The summed E-state index contributed by atoms with van der Waals surface area (Å²) < 4.78 is 70.0. The fraction of sp³-hybridized carbons (Fsp3) is 0.417. The van der Waals surface area contributed by atoms with Gasteiger partial charge in [0, 0.05) is 18.7 Å². The van der Waals surface area contributed by atoms with Gasteiger partial charge in [-0.3, -0.25) is 4.79 Å². The van der Waals surface area contributed by atoms with Crippen LogP contribution in [0.25, 0.3) is 0 Å². The summed E-state index contributed by atoms with van der Waals surface area (Å²) in [6.45, 7) is 0.547. The van der Waals surface area contributed by atoms with Crippen molar-refractivity contribution < 1.29 is 31.1 Å². The molecule has 0 bridgehead atoms. The molecular weight excluding hydrogens is 325 g/mol. The molecule has 1 amide bonds. The molecule has 6 nitrogen and oxygen atoms in total. The Hall–Kier alpha value is -1.65. The minimum atomic E-state index is -4.10. The van der Waals surface area contributed by atoms with Crippen LogP contribution in [0.1, 0.15) is 22.3 Å². The Balaban J connectivity index is 2.16. The Labute approximate surface area is 125 Å². The summed E-state index contributed by atoms with van der Waals surface area (Å²) in [6.07, 6.45) is -3.11. The van der Waals surface area contributed by atoms with Crippen LogP contribution in [0.15, 0.2) is 18.2 Å². The van der Waals surface area contributed by atoms with Gasteiger partial charge in [0.1, 0.15) is 5.82 Å². The molecule has 1 fully saturated rings. The average Bonchev–Trinajstić information content (AvgIpc) is 2.47. The lowest BCUT2D eigenvalue weighted by Crippen LogP contribution is -2.48. The van der Waals surface area contributed by atoms with Gasteiger partial charge >= 0.3 is 10.2 Å². The van der Waals surface area contributed by atoms with Crippen molar-refractivity contribution >= 4 is 16.1 Å². The average molecular weight is 338 g/mol. The van der Waals surface area contributed by atoms with Gasteiger partial charge in [0.2, 0.25) is 0 Å².